The number of hydrogen-bond acceptors (Lipinski definition) is 5. The van der Waals surface area contributed by atoms with Crippen molar-refractivity contribution in [3.63, 3.8) is 0 Å². The topological polar surface area (TPSA) is 71.2 Å². The van der Waals surface area contributed by atoms with Crippen LogP contribution in [0.1, 0.15) is 10.4 Å². The molecular formula is C14H11BrN2O3. The summed E-state index contributed by atoms with van der Waals surface area (Å²) in [7, 11) is 1.40. The van der Waals surface area contributed by atoms with E-state index in [1.165, 1.54) is 19.2 Å². The highest BCUT2D eigenvalue weighted by molar-refractivity contribution is 9.10. The first-order chi connectivity index (χ1) is 9.65. The number of rotatable bonds is 4. The van der Waals surface area contributed by atoms with Gasteiger partial charge in [0, 0.05) is 10.5 Å². The molecule has 0 saturated heterocycles. The minimum Gasteiger partial charge on any atom is -0.504 e. The van der Waals surface area contributed by atoms with Crippen molar-refractivity contribution >= 4 is 33.6 Å². The van der Waals surface area contributed by atoms with Crippen LogP contribution in [0.25, 0.3) is 0 Å². The Kier molecular flexibility index (Phi) is 4.47. The second-order valence-corrected chi connectivity index (χ2v) is 4.71. The van der Waals surface area contributed by atoms with Gasteiger partial charge in [-0.3, -0.25) is 4.79 Å². The Morgan fingerprint density at radius 2 is 2.00 bits per heavy atom. The number of carbonyl (C=O) groups is 1. The first kappa shape index (κ1) is 14.2. The molecular weight excluding hydrogens is 324 g/mol. The zero-order chi connectivity index (χ0) is 14.5. The molecule has 0 aliphatic rings. The van der Waals surface area contributed by atoms with Crippen LogP contribution in [0.2, 0.25) is 0 Å². The summed E-state index contributed by atoms with van der Waals surface area (Å²) in [5.74, 6) is -0.0296. The van der Waals surface area contributed by atoms with Crippen LogP contribution in [-0.2, 0) is 0 Å². The van der Waals surface area contributed by atoms with E-state index < -0.39 is 0 Å². The Balaban J connectivity index is 2.39. The Morgan fingerprint density at radius 1 is 1.25 bits per heavy atom. The fraction of sp³-hybridized carbons (Fsp3) is 0.0714. The second kappa shape index (κ2) is 6.29. The van der Waals surface area contributed by atoms with Crippen molar-refractivity contribution in [3.8, 4) is 11.5 Å². The molecule has 0 heterocycles. The number of aromatic hydroxyl groups is 1. The molecule has 2 aromatic carbocycles. The maximum absolute atomic E-state index is 10.9. The van der Waals surface area contributed by atoms with Crippen molar-refractivity contribution in [2.45, 2.75) is 0 Å². The third-order valence-electron chi connectivity index (χ3n) is 2.56. The molecule has 2 aromatic rings. The summed E-state index contributed by atoms with van der Waals surface area (Å²) in [5.41, 5.74) is 1.18. The van der Waals surface area contributed by atoms with Crippen molar-refractivity contribution in [1.82, 2.24) is 0 Å². The molecule has 0 atom stereocenters. The van der Waals surface area contributed by atoms with E-state index in [2.05, 4.69) is 26.2 Å². The van der Waals surface area contributed by atoms with Crippen LogP contribution in [0.4, 0.5) is 11.4 Å². The predicted molar refractivity (Wildman–Crippen MR) is 78.4 cm³/mol. The minimum atomic E-state index is -0.206. The SMILES string of the molecule is COc1cc(N=Nc2ccccc2Br)cc(C=O)c1O. The summed E-state index contributed by atoms with van der Waals surface area (Å²) in [6, 6.07) is 10.3. The summed E-state index contributed by atoms with van der Waals surface area (Å²) in [6.45, 7) is 0. The highest BCUT2D eigenvalue weighted by atomic mass is 79.9. The van der Waals surface area contributed by atoms with Crippen LogP contribution < -0.4 is 4.74 Å². The molecule has 0 aliphatic heterocycles. The first-order valence-corrected chi connectivity index (χ1v) is 6.47. The zero-order valence-corrected chi connectivity index (χ0v) is 12.2. The Bertz CT molecular complexity index is 671. The number of phenolic OH excluding ortho intramolecular Hbond substituents is 1. The Morgan fingerprint density at radius 3 is 2.65 bits per heavy atom. The highest BCUT2D eigenvalue weighted by Gasteiger charge is 2.09. The summed E-state index contributed by atoms with van der Waals surface area (Å²) in [6.07, 6.45) is 0.537. The van der Waals surface area contributed by atoms with Gasteiger partial charge in [-0.25, -0.2) is 0 Å². The van der Waals surface area contributed by atoms with Gasteiger partial charge in [-0.05, 0) is 34.1 Å². The van der Waals surface area contributed by atoms with Crippen LogP contribution in [-0.4, -0.2) is 18.5 Å². The number of benzene rings is 2. The van der Waals surface area contributed by atoms with Gasteiger partial charge in [0.05, 0.1) is 24.0 Å². The lowest BCUT2D eigenvalue weighted by Crippen LogP contribution is -1.88. The summed E-state index contributed by atoms with van der Waals surface area (Å²) in [5, 5.41) is 17.8. The molecule has 6 heteroatoms. The molecule has 0 aliphatic carbocycles. The third-order valence-corrected chi connectivity index (χ3v) is 3.23. The number of methoxy groups -OCH3 is 1. The smallest absolute Gasteiger partial charge is 0.168 e. The van der Waals surface area contributed by atoms with E-state index in [1.54, 1.807) is 6.07 Å². The number of carbonyl (C=O) groups excluding carboxylic acids is 1. The van der Waals surface area contributed by atoms with Gasteiger partial charge in [-0.1, -0.05) is 12.1 Å². The standard InChI is InChI=1S/C14H11BrN2O3/c1-20-13-7-10(6-9(8-18)14(13)19)16-17-12-5-3-2-4-11(12)15/h2-8,19H,1H3. The summed E-state index contributed by atoms with van der Waals surface area (Å²) < 4.78 is 5.79. The Labute approximate surface area is 124 Å². The highest BCUT2D eigenvalue weighted by Crippen LogP contribution is 2.35. The van der Waals surface area contributed by atoms with E-state index in [0.717, 1.165) is 4.47 Å². The van der Waals surface area contributed by atoms with Gasteiger partial charge in [0.25, 0.3) is 0 Å². The summed E-state index contributed by atoms with van der Waals surface area (Å²) >= 11 is 3.36. The largest absolute Gasteiger partial charge is 0.504 e. The van der Waals surface area contributed by atoms with E-state index in [9.17, 15) is 9.90 Å². The van der Waals surface area contributed by atoms with E-state index in [4.69, 9.17) is 4.74 Å². The fourth-order valence-corrected chi connectivity index (χ4v) is 1.93. The number of azo groups is 1. The summed E-state index contributed by atoms with van der Waals surface area (Å²) in [4.78, 5) is 10.9. The number of ether oxygens (including phenoxy) is 1. The lowest BCUT2D eigenvalue weighted by atomic mass is 10.2. The van der Waals surface area contributed by atoms with E-state index >= 15 is 0 Å². The molecule has 5 nitrogen and oxygen atoms in total. The molecule has 0 aromatic heterocycles. The molecule has 0 fully saturated rings. The maximum Gasteiger partial charge on any atom is 0.168 e. The van der Waals surface area contributed by atoms with Crippen LogP contribution in [0.3, 0.4) is 0 Å². The van der Waals surface area contributed by atoms with Crippen molar-refractivity contribution in [3.05, 3.63) is 46.4 Å². The molecule has 0 spiro atoms. The third kappa shape index (κ3) is 3.03. The van der Waals surface area contributed by atoms with Gasteiger partial charge < -0.3 is 9.84 Å². The van der Waals surface area contributed by atoms with E-state index in [-0.39, 0.29) is 17.1 Å². The number of hydrogen-bond donors (Lipinski definition) is 1. The van der Waals surface area contributed by atoms with E-state index in [1.807, 2.05) is 18.2 Å². The molecule has 0 radical (unpaired) electrons. The Hall–Kier alpha value is -2.21. The monoisotopic (exact) mass is 334 g/mol. The van der Waals surface area contributed by atoms with Gasteiger partial charge in [-0.15, -0.1) is 5.11 Å². The average molecular weight is 335 g/mol. The molecule has 0 bridgehead atoms. The van der Waals surface area contributed by atoms with Crippen molar-refractivity contribution in [2.75, 3.05) is 7.11 Å². The predicted octanol–water partition coefficient (Wildman–Crippen LogP) is 4.39. The molecule has 0 saturated carbocycles. The lowest BCUT2D eigenvalue weighted by molar-refractivity contribution is 0.112. The van der Waals surface area contributed by atoms with Gasteiger partial charge >= 0.3 is 0 Å². The number of nitrogens with zero attached hydrogens (tertiary/aromatic N) is 2. The molecule has 0 unspecified atom stereocenters. The van der Waals surface area contributed by atoms with Crippen LogP contribution in [0.5, 0.6) is 11.5 Å². The van der Waals surface area contributed by atoms with Crippen LogP contribution in [0.15, 0.2) is 51.1 Å². The van der Waals surface area contributed by atoms with Gasteiger partial charge in [0.2, 0.25) is 0 Å². The van der Waals surface area contributed by atoms with Crippen molar-refractivity contribution < 1.29 is 14.6 Å². The maximum atomic E-state index is 10.9. The number of phenols is 1. The average Bonchev–Trinajstić information content (AvgIpc) is 2.47. The molecule has 2 rings (SSSR count). The fourth-order valence-electron chi connectivity index (χ4n) is 1.56. The van der Waals surface area contributed by atoms with Crippen molar-refractivity contribution in [1.29, 1.82) is 0 Å². The van der Waals surface area contributed by atoms with Crippen LogP contribution >= 0.6 is 15.9 Å². The molecule has 0 amide bonds. The van der Waals surface area contributed by atoms with Crippen LogP contribution in [0, 0.1) is 0 Å². The van der Waals surface area contributed by atoms with Gasteiger partial charge in [-0.2, -0.15) is 5.11 Å². The first-order valence-electron chi connectivity index (χ1n) is 5.68. The number of aldehydes is 1. The molecule has 20 heavy (non-hydrogen) atoms. The zero-order valence-electron chi connectivity index (χ0n) is 10.6. The number of halogens is 1. The minimum absolute atomic E-state index is 0.102. The quantitative estimate of drug-likeness (QED) is 0.665. The second-order valence-electron chi connectivity index (χ2n) is 3.86. The normalized spacial score (nSPS) is 10.7. The van der Waals surface area contributed by atoms with Crippen molar-refractivity contribution in [2.24, 2.45) is 10.2 Å². The van der Waals surface area contributed by atoms with Gasteiger partial charge in [0.15, 0.2) is 17.8 Å². The molecule has 1 N–H and O–H groups in total. The lowest BCUT2D eigenvalue weighted by Gasteiger charge is -2.06. The molecule has 102 valence electrons. The van der Waals surface area contributed by atoms with E-state index in [0.29, 0.717) is 17.7 Å². The van der Waals surface area contributed by atoms with Gasteiger partial charge in [0.1, 0.15) is 0 Å².